The van der Waals surface area contributed by atoms with Gasteiger partial charge in [0.25, 0.3) is 5.91 Å². The summed E-state index contributed by atoms with van der Waals surface area (Å²) in [6.07, 6.45) is -0.559. The van der Waals surface area contributed by atoms with Crippen LogP contribution in [0.4, 0.5) is 0 Å². The summed E-state index contributed by atoms with van der Waals surface area (Å²) in [5.74, 6) is 0.547. The van der Waals surface area contributed by atoms with Crippen molar-refractivity contribution in [2.24, 2.45) is 0 Å². The maximum Gasteiger partial charge on any atom is 0.261 e. The number of halogens is 1. The lowest BCUT2D eigenvalue weighted by Crippen LogP contribution is -2.37. The summed E-state index contributed by atoms with van der Waals surface area (Å²) < 4.78 is 5.68. The van der Waals surface area contributed by atoms with E-state index < -0.39 is 6.10 Å². The summed E-state index contributed by atoms with van der Waals surface area (Å²) in [4.78, 5) is 12.2. The minimum absolute atomic E-state index is 0.103. The number of aryl methyl sites for hydroxylation is 1. The predicted octanol–water partition coefficient (Wildman–Crippen LogP) is 4.29. The number of ether oxygens (including phenoxy) is 1. The normalized spacial score (nSPS) is 13.3. The summed E-state index contributed by atoms with van der Waals surface area (Å²) in [6, 6.07) is 15.0. The van der Waals surface area contributed by atoms with Gasteiger partial charge in [0, 0.05) is 5.02 Å². The number of benzene rings is 2. The van der Waals surface area contributed by atoms with Gasteiger partial charge in [0.15, 0.2) is 6.10 Å². The number of hydrogen-bond donors (Lipinski definition) is 1. The van der Waals surface area contributed by atoms with Crippen molar-refractivity contribution < 1.29 is 9.53 Å². The number of hydrogen-bond acceptors (Lipinski definition) is 2. The fourth-order valence-electron chi connectivity index (χ4n) is 2.11. The second-order valence-corrected chi connectivity index (χ2v) is 5.79. The molecule has 22 heavy (non-hydrogen) atoms. The Kier molecular flexibility index (Phi) is 5.45. The molecule has 2 unspecified atom stereocenters. The molecule has 116 valence electrons. The van der Waals surface area contributed by atoms with Gasteiger partial charge in [-0.05, 0) is 56.2 Å². The molecule has 2 rings (SSSR count). The van der Waals surface area contributed by atoms with Crippen LogP contribution in [0.3, 0.4) is 0 Å². The average molecular weight is 318 g/mol. The van der Waals surface area contributed by atoms with Crippen molar-refractivity contribution in [2.45, 2.75) is 32.9 Å². The van der Waals surface area contributed by atoms with Gasteiger partial charge < -0.3 is 10.1 Å². The molecule has 0 fully saturated rings. The first-order valence-corrected chi connectivity index (χ1v) is 7.62. The van der Waals surface area contributed by atoms with Gasteiger partial charge in [0.1, 0.15) is 5.75 Å². The third-order valence-corrected chi connectivity index (χ3v) is 3.65. The second-order valence-electron chi connectivity index (χ2n) is 5.36. The Hall–Kier alpha value is -2.00. The number of nitrogens with one attached hydrogen (secondary N) is 1. The van der Waals surface area contributed by atoms with Crippen LogP contribution in [-0.2, 0) is 4.79 Å². The molecule has 0 saturated carbocycles. The highest BCUT2D eigenvalue weighted by Gasteiger charge is 2.17. The van der Waals surface area contributed by atoms with E-state index in [1.165, 1.54) is 0 Å². The summed E-state index contributed by atoms with van der Waals surface area (Å²) in [7, 11) is 0. The first-order valence-electron chi connectivity index (χ1n) is 7.25. The molecule has 0 spiro atoms. The van der Waals surface area contributed by atoms with Gasteiger partial charge >= 0.3 is 0 Å². The summed E-state index contributed by atoms with van der Waals surface area (Å²) in [5, 5.41) is 3.62. The van der Waals surface area contributed by atoms with Gasteiger partial charge in [-0.2, -0.15) is 0 Å². The molecule has 4 heteroatoms. The molecule has 2 aromatic rings. The molecule has 2 atom stereocenters. The molecular formula is C18H20ClNO2. The van der Waals surface area contributed by atoms with Gasteiger partial charge in [0.2, 0.25) is 0 Å². The standard InChI is InChI=1S/C18H20ClNO2/c1-12-5-4-6-17(11-12)22-14(3)18(21)20-13(2)15-7-9-16(19)10-8-15/h4-11,13-14H,1-3H3,(H,20,21). The van der Waals surface area contributed by atoms with Crippen molar-refractivity contribution in [2.75, 3.05) is 0 Å². The van der Waals surface area contributed by atoms with Gasteiger partial charge in [-0.3, -0.25) is 4.79 Å². The Balaban J connectivity index is 1.94. The smallest absolute Gasteiger partial charge is 0.261 e. The third kappa shape index (κ3) is 4.50. The molecule has 0 heterocycles. The first kappa shape index (κ1) is 16.4. The Labute approximate surface area is 136 Å². The lowest BCUT2D eigenvalue weighted by Gasteiger charge is -2.19. The van der Waals surface area contributed by atoms with Crippen LogP contribution in [0.5, 0.6) is 5.75 Å². The van der Waals surface area contributed by atoms with E-state index in [9.17, 15) is 4.79 Å². The minimum Gasteiger partial charge on any atom is -0.481 e. The molecule has 0 aliphatic rings. The van der Waals surface area contributed by atoms with Crippen molar-refractivity contribution in [3.05, 3.63) is 64.7 Å². The van der Waals surface area contributed by atoms with Gasteiger partial charge in [0.05, 0.1) is 6.04 Å². The monoisotopic (exact) mass is 317 g/mol. The molecule has 2 aromatic carbocycles. The van der Waals surface area contributed by atoms with E-state index in [4.69, 9.17) is 16.3 Å². The molecule has 1 amide bonds. The van der Waals surface area contributed by atoms with E-state index in [0.29, 0.717) is 10.8 Å². The molecular weight excluding hydrogens is 298 g/mol. The van der Waals surface area contributed by atoms with E-state index in [-0.39, 0.29) is 11.9 Å². The van der Waals surface area contributed by atoms with Crippen LogP contribution < -0.4 is 10.1 Å². The van der Waals surface area contributed by atoms with E-state index in [1.54, 1.807) is 6.92 Å². The molecule has 0 radical (unpaired) electrons. The second kappa shape index (κ2) is 7.32. The molecule has 3 nitrogen and oxygen atoms in total. The zero-order chi connectivity index (χ0) is 16.1. The summed E-state index contributed by atoms with van der Waals surface area (Å²) in [6.45, 7) is 5.66. The zero-order valence-corrected chi connectivity index (χ0v) is 13.7. The van der Waals surface area contributed by atoms with Crippen LogP contribution in [0.25, 0.3) is 0 Å². The maximum absolute atomic E-state index is 12.2. The van der Waals surface area contributed by atoms with E-state index in [1.807, 2.05) is 62.4 Å². The first-order chi connectivity index (χ1) is 10.5. The quantitative estimate of drug-likeness (QED) is 0.893. The lowest BCUT2D eigenvalue weighted by atomic mass is 10.1. The average Bonchev–Trinajstić information content (AvgIpc) is 2.47. The number of amides is 1. The van der Waals surface area contributed by atoms with Crippen molar-refractivity contribution in [1.29, 1.82) is 0 Å². The Morgan fingerprint density at radius 3 is 2.45 bits per heavy atom. The van der Waals surface area contributed by atoms with E-state index in [2.05, 4.69) is 5.32 Å². The third-order valence-electron chi connectivity index (χ3n) is 3.40. The van der Waals surface area contributed by atoms with E-state index in [0.717, 1.165) is 11.1 Å². The predicted molar refractivity (Wildman–Crippen MR) is 89.3 cm³/mol. The highest BCUT2D eigenvalue weighted by molar-refractivity contribution is 6.30. The van der Waals surface area contributed by atoms with Gasteiger partial charge in [-0.15, -0.1) is 0 Å². The van der Waals surface area contributed by atoms with Crippen molar-refractivity contribution in [3.8, 4) is 5.75 Å². The fourth-order valence-corrected chi connectivity index (χ4v) is 2.24. The number of carbonyl (C=O) groups excluding carboxylic acids is 1. The van der Waals surface area contributed by atoms with Crippen LogP contribution in [0.1, 0.15) is 31.0 Å². The Bertz CT molecular complexity index is 640. The fraction of sp³-hybridized carbons (Fsp3) is 0.278. The van der Waals surface area contributed by atoms with Crippen LogP contribution in [0.2, 0.25) is 5.02 Å². The van der Waals surface area contributed by atoms with Crippen molar-refractivity contribution in [1.82, 2.24) is 5.32 Å². The van der Waals surface area contributed by atoms with Crippen LogP contribution in [0.15, 0.2) is 48.5 Å². The molecule has 1 N–H and O–H groups in total. The number of rotatable bonds is 5. The lowest BCUT2D eigenvalue weighted by molar-refractivity contribution is -0.127. The largest absolute Gasteiger partial charge is 0.481 e. The minimum atomic E-state index is -0.559. The molecule has 0 aliphatic carbocycles. The highest BCUT2D eigenvalue weighted by atomic mass is 35.5. The maximum atomic E-state index is 12.2. The highest BCUT2D eigenvalue weighted by Crippen LogP contribution is 2.17. The molecule has 0 aromatic heterocycles. The van der Waals surface area contributed by atoms with Crippen LogP contribution in [0, 0.1) is 6.92 Å². The van der Waals surface area contributed by atoms with Crippen LogP contribution >= 0.6 is 11.6 Å². The molecule has 0 bridgehead atoms. The van der Waals surface area contributed by atoms with Gasteiger partial charge in [-0.25, -0.2) is 0 Å². The molecule has 0 aliphatic heterocycles. The van der Waals surface area contributed by atoms with E-state index >= 15 is 0 Å². The van der Waals surface area contributed by atoms with Crippen molar-refractivity contribution >= 4 is 17.5 Å². The van der Waals surface area contributed by atoms with Gasteiger partial charge in [-0.1, -0.05) is 35.9 Å². The Morgan fingerprint density at radius 2 is 1.82 bits per heavy atom. The topological polar surface area (TPSA) is 38.3 Å². The van der Waals surface area contributed by atoms with Crippen molar-refractivity contribution in [3.63, 3.8) is 0 Å². The zero-order valence-electron chi connectivity index (χ0n) is 13.0. The summed E-state index contributed by atoms with van der Waals surface area (Å²) >= 11 is 5.87. The SMILES string of the molecule is Cc1cccc(OC(C)C(=O)NC(C)c2ccc(Cl)cc2)c1. The summed E-state index contributed by atoms with van der Waals surface area (Å²) in [5.41, 5.74) is 2.10. The van der Waals surface area contributed by atoms with Crippen LogP contribution in [-0.4, -0.2) is 12.0 Å². The number of carbonyl (C=O) groups is 1. The molecule has 0 saturated heterocycles. The Morgan fingerprint density at radius 1 is 1.14 bits per heavy atom.